The van der Waals surface area contributed by atoms with Crippen molar-refractivity contribution in [1.29, 1.82) is 0 Å². The number of rotatable bonds is 7. The normalized spacial score (nSPS) is 23.2. The molecule has 2 heterocycles. The molecule has 2 saturated heterocycles. The molecule has 0 aromatic rings. The maximum atomic E-state index is 11.3. The van der Waals surface area contributed by atoms with E-state index in [9.17, 15) is 9.90 Å². The number of hydrogen-bond acceptors (Lipinski definition) is 6. The Morgan fingerprint density at radius 1 is 1.09 bits per heavy atom. The second-order valence-corrected chi connectivity index (χ2v) is 6.55. The van der Waals surface area contributed by atoms with Crippen LogP contribution in [0.25, 0.3) is 0 Å². The van der Waals surface area contributed by atoms with Gasteiger partial charge < -0.3 is 24.5 Å². The summed E-state index contributed by atoms with van der Waals surface area (Å²) in [6.07, 6.45) is 0.754. The van der Waals surface area contributed by atoms with Crippen LogP contribution in [0.1, 0.15) is 13.3 Å². The first-order valence-electron chi connectivity index (χ1n) is 8.73. The van der Waals surface area contributed by atoms with E-state index in [2.05, 4.69) is 21.7 Å². The van der Waals surface area contributed by atoms with Gasteiger partial charge in [0.2, 0.25) is 5.91 Å². The maximum absolute atomic E-state index is 11.3. The first-order valence-corrected chi connectivity index (χ1v) is 8.73. The zero-order chi connectivity index (χ0) is 16.7. The molecule has 0 bridgehead atoms. The van der Waals surface area contributed by atoms with Crippen LogP contribution in [0.2, 0.25) is 0 Å². The van der Waals surface area contributed by atoms with E-state index in [4.69, 9.17) is 4.74 Å². The van der Waals surface area contributed by atoms with Crippen LogP contribution in [-0.4, -0.2) is 116 Å². The number of likely N-dealkylation sites (N-methyl/N-ethyl adjacent to an activating group) is 1. The van der Waals surface area contributed by atoms with Crippen LogP contribution in [0, 0.1) is 0 Å². The summed E-state index contributed by atoms with van der Waals surface area (Å²) in [5.41, 5.74) is 0. The zero-order valence-electron chi connectivity index (χ0n) is 14.6. The quantitative estimate of drug-likeness (QED) is 0.613. The highest BCUT2D eigenvalue weighted by atomic mass is 16.5. The Kier molecular flexibility index (Phi) is 7.72. The minimum atomic E-state index is -0.239. The summed E-state index contributed by atoms with van der Waals surface area (Å²) in [6.45, 7) is 10.9. The van der Waals surface area contributed by atoms with Crippen molar-refractivity contribution in [3.05, 3.63) is 0 Å². The SMILES string of the molecule is CC(=O)N1CCN(C(CO)OCCCN2CCN(C)CC2)CC1. The zero-order valence-corrected chi connectivity index (χ0v) is 14.6. The first kappa shape index (κ1) is 18.6. The van der Waals surface area contributed by atoms with E-state index in [0.717, 1.165) is 65.3 Å². The number of nitrogens with zero attached hydrogens (tertiary/aromatic N) is 4. The number of piperazine rings is 2. The molecular weight excluding hydrogens is 296 g/mol. The monoisotopic (exact) mass is 328 g/mol. The average Bonchev–Trinajstić information content (AvgIpc) is 2.57. The van der Waals surface area contributed by atoms with Crippen LogP contribution >= 0.6 is 0 Å². The van der Waals surface area contributed by atoms with E-state index in [0.29, 0.717) is 6.61 Å². The van der Waals surface area contributed by atoms with Crippen LogP contribution in [0.15, 0.2) is 0 Å². The number of carbonyl (C=O) groups is 1. The van der Waals surface area contributed by atoms with Gasteiger partial charge in [0, 0.05) is 65.8 Å². The van der Waals surface area contributed by atoms with Gasteiger partial charge in [-0.05, 0) is 13.5 Å². The fourth-order valence-corrected chi connectivity index (χ4v) is 3.18. The van der Waals surface area contributed by atoms with Gasteiger partial charge in [-0.3, -0.25) is 9.69 Å². The average molecular weight is 328 g/mol. The van der Waals surface area contributed by atoms with E-state index < -0.39 is 0 Å². The van der Waals surface area contributed by atoms with Crippen LogP contribution < -0.4 is 0 Å². The molecule has 1 amide bonds. The molecule has 0 radical (unpaired) electrons. The van der Waals surface area contributed by atoms with Gasteiger partial charge in [0.15, 0.2) is 0 Å². The van der Waals surface area contributed by atoms with Gasteiger partial charge >= 0.3 is 0 Å². The third kappa shape index (κ3) is 6.00. The van der Waals surface area contributed by atoms with Gasteiger partial charge in [-0.2, -0.15) is 0 Å². The topological polar surface area (TPSA) is 59.5 Å². The maximum Gasteiger partial charge on any atom is 0.219 e. The molecule has 23 heavy (non-hydrogen) atoms. The Hall–Kier alpha value is -0.730. The predicted octanol–water partition coefficient (Wildman–Crippen LogP) is -0.877. The molecule has 2 fully saturated rings. The van der Waals surface area contributed by atoms with Gasteiger partial charge in [0.25, 0.3) is 0 Å². The Bertz CT molecular complexity index is 353. The van der Waals surface area contributed by atoms with Crippen molar-refractivity contribution in [2.45, 2.75) is 19.6 Å². The summed E-state index contributed by atoms with van der Waals surface area (Å²) in [5.74, 6) is 0.123. The predicted molar refractivity (Wildman–Crippen MR) is 89.2 cm³/mol. The summed E-state index contributed by atoms with van der Waals surface area (Å²) in [6, 6.07) is 0. The molecule has 0 aliphatic carbocycles. The van der Waals surface area contributed by atoms with Crippen molar-refractivity contribution in [2.24, 2.45) is 0 Å². The highest BCUT2D eigenvalue weighted by Crippen LogP contribution is 2.09. The summed E-state index contributed by atoms with van der Waals surface area (Å²) in [5, 5.41) is 9.57. The molecule has 1 N–H and O–H groups in total. The van der Waals surface area contributed by atoms with Crippen molar-refractivity contribution in [3.63, 3.8) is 0 Å². The molecule has 2 rings (SSSR count). The summed E-state index contributed by atoms with van der Waals surface area (Å²) in [4.78, 5) is 20.2. The lowest BCUT2D eigenvalue weighted by Crippen LogP contribution is -2.53. The van der Waals surface area contributed by atoms with Crippen LogP contribution in [0.3, 0.4) is 0 Å². The van der Waals surface area contributed by atoms with Gasteiger partial charge in [0.1, 0.15) is 6.23 Å². The summed E-state index contributed by atoms with van der Waals surface area (Å²) < 4.78 is 5.87. The van der Waals surface area contributed by atoms with E-state index in [1.54, 1.807) is 6.92 Å². The number of amides is 1. The molecule has 1 unspecified atom stereocenters. The minimum absolute atomic E-state index is 0.00851. The number of hydrogen-bond donors (Lipinski definition) is 1. The third-order valence-corrected chi connectivity index (χ3v) is 4.85. The van der Waals surface area contributed by atoms with Crippen molar-refractivity contribution in [1.82, 2.24) is 19.6 Å². The highest BCUT2D eigenvalue weighted by Gasteiger charge is 2.24. The van der Waals surface area contributed by atoms with E-state index >= 15 is 0 Å². The Labute approximate surface area is 139 Å². The van der Waals surface area contributed by atoms with Crippen LogP contribution in [-0.2, 0) is 9.53 Å². The molecule has 1 atom stereocenters. The van der Waals surface area contributed by atoms with Crippen LogP contribution in [0.5, 0.6) is 0 Å². The van der Waals surface area contributed by atoms with Gasteiger partial charge in [0.05, 0.1) is 13.2 Å². The number of aliphatic hydroxyl groups excluding tert-OH is 1. The fraction of sp³-hybridized carbons (Fsp3) is 0.938. The van der Waals surface area contributed by atoms with Crippen molar-refractivity contribution in [3.8, 4) is 0 Å². The Balaban J connectivity index is 1.60. The molecule has 134 valence electrons. The number of ether oxygens (including phenoxy) is 1. The number of aliphatic hydroxyl groups is 1. The lowest BCUT2D eigenvalue weighted by molar-refractivity contribution is -0.136. The second kappa shape index (κ2) is 9.54. The molecule has 2 aliphatic rings. The Morgan fingerprint density at radius 2 is 1.74 bits per heavy atom. The lowest BCUT2D eigenvalue weighted by atomic mass is 10.3. The Morgan fingerprint density at radius 3 is 2.30 bits per heavy atom. The molecule has 0 spiro atoms. The standard InChI is InChI=1S/C16H32N4O3/c1-15(22)19-9-11-20(12-10-19)16(14-21)23-13-3-4-18-7-5-17(2)6-8-18/h16,21H,3-14H2,1-2H3. The minimum Gasteiger partial charge on any atom is -0.392 e. The molecule has 0 aromatic heterocycles. The van der Waals surface area contributed by atoms with Crippen molar-refractivity contribution >= 4 is 5.91 Å². The molecule has 2 aliphatic heterocycles. The van der Waals surface area contributed by atoms with Crippen LogP contribution in [0.4, 0.5) is 0 Å². The van der Waals surface area contributed by atoms with Crippen molar-refractivity contribution in [2.75, 3.05) is 79.2 Å². The molecule has 7 nitrogen and oxygen atoms in total. The van der Waals surface area contributed by atoms with Crippen molar-refractivity contribution < 1.29 is 14.6 Å². The fourth-order valence-electron chi connectivity index (χ4n) is 3.18. The molecule has 0 aromatic carbocycles. The first-order chi connectivity index (χ1) is 11.1. The summed E-state index contributed by atoms with van der Waals surface area (Å²) >= 11 is 0. The number of carbonyl (C=O) groups excluding carboxylic acids is 1. The highest BCUT2D eigenvalue weighted by molar-refractivity contribution is 5.73. The largest absolute Gasteiger partial charge is 0.392 e. The molecular formula is C16H32N4O3. The third-order valence-electron chi connectivity index (χ3n) is 4.85. The van der Waals surface area contributed by atoms with Gasteiger partial charge in [-0.15, -0.1) is 0 Å². The second-order valence-electron chi connectivity index (χ2n) is 6.55. The van der Waals surface area contributed by atoms with E-state index in [1.807, 2.05) is 4.90 Å². The molecule has 7 heteroatoms. The lowest BCUT2D eigenvalue weighted by Gasteiger charge is -2.38. The van der Waals surface area contributed by atoms with E-state index in [-0.39, 0.29) is 18.7 Å². The van der Waals surface area contributed by atoms with E-state index in [1.165, 1.54) is 0 Å². The summed E-state index contributed by atoms with van der Waals surface area (Å²) in [7, 11) is 2.16. The smallest absolute Gasteiger partial charge is 0.219 e. The van der Waals surface area contributed by atoms with Gasteiger partial charge in [-0.1, -0.05) is 0 Å². The van der Waals surface area contributed by atoms with Gasteiger partial charge in [-0.25, -0.2) is 0 Å². The molecule has 0 saturated carbocycles.